The van der Waals surface area contributed by atoms with E-state index >= 15 is 0 Å². The van der Waals surface area contributed by atoms with E-state index < -0.39 is 0 Å². The lowest BCUT2D eigenvalue weighted by atomic mass is 10.1. The average Bonchev–Trinajstić information content (AvgIpc) is 2.04. The first kappa shape index (κ1) is 13.0. The molecule has 0 unspecified atom stereocenters. The zero-order valence-corrected chi connectivity index (χ0v) is 9.97. The summed E-state index contributed by atoms with van der Waals surface area (Å²) in [6.07, 6.45) is 6.82. The van der Waals surface area contributed by atoms with Gasteiger partial charge in [0.15, 0.2) is 0 Å². The van der Waals surface area contributed by atoms with Crippen LogP contribution in [0.5, 0.6) is 0 Å². The third-order valence-electron chi connectivity index (χ3n) is 2.46. The van der Waals surface area contributed by atoms with Gasteiger partial charge < -0.3 is 4.90 Å². The van der Waals surface area contributed by atoms with Crippen molar-refractivity contribution in [2.45, 2.75) is 52.9 Å². The molecule has 1 nitrogen and oxygen atoms in total. The Kier molecular flexibility index (Phi) is 8.53. The molecule has 0 aliphatic heterocycles. The van der Waals surface area contributed by atoms with E-state index in [2.05, 4.69) is 32.7 Å². The Balaban J connectivity index is 3.15. The largest absolute Gasteiger partial charge is 0.306 e. The van der Waals surface area contributed by atoms with Crippen LogP contribution in [0.3, 0.4) is 0 Å². The van der Waals surface area contributed by atoms with Crippen molar-refractivity contribution in [3.8, 4) is 0 Å². The fraction of sp³-hybridized carbons (Fsp3) is 1.00. The molecule has 0 atom stereocenters. The van der Waals surface area contributed by atoms with Gasteiger partial charge in [0.05, 0.1) is 0 Å². The number of hydrogen-bond acceptors (Lipinski definition) is 1. The summed E-state index contributed by atoms with van der Waals surface area (Å²) >= 11 is 0. The zero-order valence-electron chi connectivity index (χ0n) is 9.97. The summed E-state index contributed by atoms with van der Waals surface area (Å²) in [5.41, 5.74) is 0. The Labute approximate surface area is 84.5 Å². The van der Waals surface area contributed by atoms with E-state index in [4.69, 9.17) is 0 Å². The van der Waals surface area contributed by atoms with Gasteiger partial charge in [-0.05, 0) is 45.3 Å². The van der Waals surface area contributed by atoms with Crippen molar-refractivity contribution in [1.29, 1.82) is 0 Å². The van der Waals surface area contributed by atoms with Gasteiger partial charge in [-0.25, -0.2) is 0 Å². The second kappa shape index (κ2) is 8.55. The Morgan fingerprint density at radius 1 is 1.00 bits per heavy atom. The first-order chi connectivity index (χ1) is 6.16. The van der Waals surface area contributed by atoms with Crippen molar-refractivity contribution in [3.05, 3.63) is 0 Å². The first-order valence-corrected chi connectivity index (χ1v) is 5.85. The van der Waals surface area contributed by atoms with Crippen LogP contribution < -0.4 is 0 Å². The molecule has 1 heteroatoms. The molecule has 0 radical (unpaired) electrons. The molecule has 0 fully saturated rings. The van der Waals surface area contributed by atoms with Crippen LogP contribution in [0.25, 0.3) is 0 Å². The number of hydrogen-bond donors (Lipinski definition) is 0. The van der Waals surface area contributed by atoms with Crippen molar-refractivity contribution in [2.24, 2.45) is 5.92 Å². The maximum absolute atomic E-state index is 2.47. The van der Waals surface area contributed by atoms with E-state index in [1.807, 2.05) is 0 Å². The maximum atomic E-state index is 2.47. The summed E-state index contributed by atoms with van der Waals surface area (Å²) in [6.45, 7) is 9.43. The average molecular weight is 185 g/mol. The smallest absolute Gasteiger partial charge is 0.00217 e. The summed E-state index contributed by atoms with van der Waals surface area (Å²) < 4.78 is 0. The van der Waals surface area contributed by atoms with Crippen LogP contribution in [-0.2, 0) is 0 Å². The zero-order chi connectivity index (χ0) is 10.1. The third kappa shape index (κ3) is 9.88. The molecule has 0 amide bonds. The quantitative estimate of drug-likeness (QED) is 0.523. The first-order valence-electron chi connectivity index (χ1n) is 5.85. The summed E-state index contributed by atoms with van der Waals surface area (Å²) in [5, 5.41) is 0. The summed E-state index contributed by atoms with van der Waals surface area (Å²) in [6, 6.07) is 0. The fourth-order valence-electron chi connectivity index (χ4n) is 1.51. The van der Waals surface area contributed by atoms with E-state index in [9.17, 15) is 0 Å². The monoisotopic (exact) mass is 185 g/mol. The van der Waals surface area contributed by atoms with Gasteiger partial charge in [0, 0.05) is 0 Å². The summed E-state index contributed by atoms with van der Waals surface area (Å²) in [7, 11) is 2.25. The van der Waals surface area contributed by atoms with Crippen LogP contribution in [0, 0.1) is 5.92 Å². The standard InChI is InChI=1S/C12H27N/c1-5-6-7-10-13(4)11-8-9-12(2)3/h12H,5-11H2,1-4H3. The van der Waals surface area contributed by atoms with E-state index in [0.717, 1.165) is 5.92 Å². The second-order valence-corrected chi connectivity index (χ2v) is 4.55. The Bertz CT molecular complexity index is 99.3. The molecule has 0 aliphatic carbocycles. The predicted molar refractivity (Wildman–Crippen MR) is 61.1 cm³/mol. The fourth-order valence-corrected chi connectivity index (χ4v) is 1.51. The van der Waals surface area contributed by atoms with Gasteiger partial charge in [-0.2, -0.15) is 0 Å². The van der Waals surface area contributed by atoms with E-state index in [0.29, 0.717) is 0 Å². The normalized spacial score (nSPS) is 11.5. The molecule has 13 heavy (non-hydrogen) atoms. The van der Waals surface area contributed by atoms with Crippen LogP contribution in [0.15, 0.2) is 0 Å². The van der Waals surface area contributed by atoms with Crippen molar-refractivity contribution >= 4 is 0 Å². The molecule has 0 aliphatic rings. The van der Waals surface area contributed by atoms with E-state index in [1.165, 1.54) is 45.2 Å². The topological polar surface area (TPSA) is 3.24 Å². The number of nitrogens with zero attached hydrogens (tertiary/aromatic N) is 1. The van der Waals surface area contributed by atoms with Gasteiger partial charge in [0.2, 0.25) is 0 Å². The minimum atomic E-state index is 0.865. The maximum Gasteiger partial charge on any atom is -0.00217 e. The van der Waals surface area contributed by atoms with E-state index in [1.54, 1.807) is 0 Å². The number of rotatable bonds is 8. The highest BCUT2D eigenvalue weighted by Gasteiger charge is 1.98. The van der Waals surface area contributed by atoms with E-state index in [-0.39, 0.29) is 0 Å². The molecule has 0 aromatic carbocycles. The summed E-state index contributed by atoms with van der Waals surface area (Å²) in [5.74, 6) is 0.865. The van der Waals surface area contributed by atoms with Crippen LogP contribution in [0.4, 0.5) is 0 Å². The van der Waals surface area contributed by atoms with Crippen LogP contribution >= 0.6 is 0 Å². The minimum absolute atomic E-state index is 0.865. The molecule has 0 heterocycles. The molecule has 0 N–H and O–H groups in total. The Morgan fingerprint density at radius 3 is 2.15 bits per heavy atom. The van der Waals surface area contributed by atoms with Crippen LogP contribution in [-0.4, -0.2) is 25.0 Å². The van der Waals surface area contributed by atoms with Crippen molar-refractivity contribution in [1.82, 2.24) is 4.90 Å². The molecular formula is C12H27N. The molecule has 0 rings (SSSR count). The van der Waals surface area contributed by atoms with Crippen molar-refractivity contribution in [2.75, 3.05) is 20.1 Å². The predicted octanol–water partition coefficient (Wildman–Crippen LogP) is 3.54. The van der Waals surface area contributed by atoms with Gasteiger partial charge in [-0.15, -0.1) is 0 Å². The highest BCUT2D eigenvalue weighted by atomic mass is 15.1. The van der Waals surface area contributed by atoms with Gasteiger partial charge in [-0.1, -0.05) is 33.6 Å². The van der Waals surface area contributed by atoms with Crippen molar-refractivity contribution < 1.29 is 0 Å². The third-order valence-corrected chi connectivity index (χ3v) is 2.46. The van der Waals surface area contributed by atoms with Gasteiger partial charge in [-0.3, -0.25) is 0 Å². The molecule has 0 aromatic heterocycles. The van der Waals surface area contributed by atoms with Crippen LogP contribution in [0.1, 0.15) is 52.9 Å². The highest BCUT2D eigenvalue weighted by Crippen LogP contribution is 2.04. The number of unbranched alkanes of at least 4 members (excludes halogenated alkanes) is 2. The molecule has 0 saturated heterocycles. The lowest BCUT2D eigenvalue weighted by molar-refractivity contribution is 0.310. The Morgan fingerprint density at radius 2 is 1.62 bits per heavy atom. The highest BCUT2D eigenvalue weighted by molar-refractivity contribution is 4.53. The molecule has 80 valence electrons. The molecule has 0 bridgehead atoms. The van der Waals surface area contributed by atoms with Crippen LogP contribution in [0.2, 0.25) is 0 Å². The lowest BCUT2D eigenvalue weighted by Crippen LogP contribution is -2.21. The molecule has 0 spiro atoms. The van der Waals surface area contributed by atoms with Gasteiger partial charge >= 0.3 is 0 Å². The summed E-state index contributed by atoms with van der Waals surface area (Å²) in [4.78, 5) is 2.47. The second-order valence-electron chi connectivity index (χ2n) is 4.55. The molecular weight excluding hydrogens is 158 g/mol. The SMILES string of the molecule is CCCCCN(C)CCCC(C)C. The van der Waals surface area contributed by atoms with Crippen molar-refractivity contribution in [3.63, 3.8) is 0 Å². The van der Waals surface area contributed by atoms with Gasteiger partial charge in [0.1, 0.15) is 0 Å². The molecule has 0 saturated carbocycles. The Hall–Kier alpha value is -0.0400. The van der Waals surface area contributed by atoms with Gasteiger partial charge in [0.25, 0.3) is 0 Å². The minimum Gasteiger partial charge on any atom is -0.306 e. The lowest BCUT2D eigenvalue weighted by Gasteiger charge is -2.16. The molecule has 0 aromatic rings.